The second-order valence-corrected chi connectivity index (χ2v) is 11.3. The van der Waals surface area contributed by atoms with Crippen molar-refractivity contribution in [1.29, 1.82) is 0 Å². The lowest BCUT2D eigenvalue weighted by Gasteiger charge is -2.08. The number of benzene rings is 2. The van der Waals surface area contributed by atoms with Crippen LogP contribution >= 0.6 is 0 Å². The number of rotatable bonds is 20. The highest BCUT2D eigenvalue weighted by Crippen LogP contribution is 2.24. The molecule has 3 heteroatoms. The summed E-state index contributed by atoms with van der Waals surface area (Å²) in [6.07, 6.45) is 23.3. The number of aromatic nitrogens is 2. The van der Waals surface area contributed by atoms with Gasteiger partial charge in [-0.1, -0.05) is 146 Å². The van der Waals surface area contributed by atoms with Crippen molar-refractivity contribution >= 4 is 0 Å². The van der Waals surface area contributed by atoms with E-state index in [0.29, 0.717) is 0 Å². The second-order valence-electron chi connectivity index (χ2n) is 11.3. The highest BCUT2D eigenvalue weighted by Gasteiger charge is 2.05. The number of hydrogen-bond acceptors (Lipinski definition) is 3. The summed E-state index contributed by atoms with van der Waals surface area (Å²) < 4.78 is 5.87. The van der Waals surface area contributed by atoms with Crippen LogP contribution in [-0.2, 0) is 6.42 Å². The quantitative estimate of drug-likeness (QED) is 0.137. The molecule has 0 unspecified atom stereocenters. The van der Waals surface area contributed by atoms with E-state index in [-0.39, 0.29) is 0 Å². The second kappa shape index (κ2) is 18.6. The smallest absolute Gasteiger partial charge is 0.159 e. The molecular formula is C36H52N2O. The Balaban J connectivity index is 1.36. The van der Waals surface area contributed by atoms with E-state index in [1.807, 2.05) is 0 Å². The summed E-state index contributed by atoms with van der Waals surface area (Å²) in [6, 6.07) is 17.6. The van der Waals surface area contributed by atoms with Gasteiger partial charge < -0.3 is 4.74 Å². The zero-order valence-corrected chi connectivity index (χ0v) is 25.0. The molecule has 0 aliphatic rings. The Labute approximate surface area is 238 Å². The Morgan fingerprint density at radius 2 is 1.15 bits per heavy atom. The summed E-state index contributed by atoms with van der Waals surface area (Å²) in [5.74, 6) is 2.36. The van der Waals surface area contributed by atoms with Crippen LogP contribution in [0.4, 0.5) is 0 Å². The van der Waals surface area contributed by atoms with Crippen LogP contribution in [0.2, 0.25) is 0 Å². The largest absolute Gasteiger partial charge is 0.490 e. The molecule has 1 atom stereocenters. The Hall–Kier alpha value is -2.68. The lowest BCUT2D eigenvalue weighted by atomic mass is 10.00. The number of aryl methyl sites for hydroxylation is 1. The van der Waals surface area contributed by atoms with Gasteiger partial charge in [-0.05, 0) is 41.9 Å². The molecule has 0 amide bonds. The summed E-state index contributed by atoms with van der Waals surface area (Å²) in [5.41, 5.74) is 4.95. The fraction of sp³-hybridized carbons (Fsp3) is 0.556. The van der Waals surface area contributed by atoms with Crippen LogP contribution in [0.1, 0.15) is 116 Å². The van der Waals surface area contributed by atoms with Crippen molar-refractivity contribution in [2.24, 2.45) is 5.92 Å². The van der Waals surface area contributed by atoms with Gasteiger partial charge in [0, 0.05) is 5.56 Å². The number of hydrogen-bond donors (Lipinski definition) is 0. The molecule has 3 aromatic rings. The normalized spacial score (nSPS) is 12.0. The van der Waals surface area contributed by atoms with Gasteiger partial charge >= 0.3 is 0 Å². The van der Waals surface area contributed by atoms with Gasteiger partial charge in [-0.15, -0.1) is 0 Å². The van der Waals surface area contributed by atoms with Crippen LogP contribution in [0, 0.1) is 5.92 Å². The molecule has 212 valence electrons. The fourth-order valence-electron chi connectivity index (χ4n) is 5.02. The molecule has 1 aromatic heterocycles. The Morgan fingerprint density at radius 3 is 1.79 bits per heavy atom. The van der Waals surface area contributed by atoms with E-state index in [0.717, 1.165) is 36.1 Å². The topological polar surface area (TPSA) is 35.0 Å². The van der Waals surface area contributed by atoms with Gasteiger partial charge in [0.2, 0.25) is 0 Å². The molecule has 0 spiro atoms. The summed E-state index contributed by atoms with van der Waals surface area (Å²) in [7, 11) is 0. The van der Waals surface area contributed by atoms with Crippen molar-refractivity contribution in [2.75, 3.05) is 6.61 Å². The van der Waals surface area contributed by atoms with Gasteiger partial charge in [-0.2, -0.15) is 0 Å². The van der Waals surface area contributed by atoms with Crippen molar-refractivity contribution in [3.8, 4) is 28.3 Å². The van der Waals surface area contributed by atoms with Gasteiger partial charge in [-0.25, -0.2) is 9.97 Å². The van der Waals surface area contributed by atoms with Gasteiger partial charge in [0.15, 0.2) is 11.6 Å². The van der Waals surface area contributed by atoms with Crippen molar-refractivity contribution in [2.45, 2.75) is 117 Å². The molecule has 0 N–H and O–H groups in total. The van der Waals surface area contributed by atoms with Crippen molar-refractivity contribution in [1.82, 2.24) is 9.97 Å². The molecule has 0 fully saturated rings. The summed E-state index contributed by atoms with van der Waals surface area (Å²) in [4.78, 5) is 9.09. The monoisotopic (exact) mass is 528 g/mol. The first-order valence-corrected chi connectivity index (χ1v) is 15.8. The predicted octanol–water partition coefficient (Wildman–Crippen LogP) is 10.9. The maximum absolute atomic E-state index is 5.87. The van der Waals surface area contributed by atoms with Crippen molar-refractivity contribution in [3.63, 3.8) is 0 Å². The Bertz CT molecular complexity index is 1010. The number of nitrogens with zero attached hydrogens (tertiary/aromatic N) is 2. The van der Waals surface area contributed by atoms with Crippen molar-refractivity contribution in [3.05, 3.63) is 66.5 Å². The molecular weight excluding hydrogens is 476 g/mol. The minimum Gasteiger partial charge on any atom is -0.490 e. The van der Waals surface area contributed by atoms with Crippen LogP contribution in [0.3, 0.4) is 0 Å². The van der Waals surface area contributed by atoms with E-state index >= 15 is 0 Å². The molecule has 1 heterocycles. The number of ether oxygens (including phenoxy) is 1. The summed E-state index contributed by atoms with van der Waals surface area (Å²) in [6.45, 7) is 7.65. The first kappa shape index (κ1) is 30.9. The van der Waals surface area contributed by atoms with Crippen LogP contribution < -0.4 is 4.74 Å². The average Bonchev–Trinajstić information content (AvgIpc) is 2.98. The van der Waals surface area contributed by atoms with Gasteiger partial charge in [0.05, 0.1) is 19.0 Å². The third-order valence-electron chi connectivity index (χ3n) is 7.93. The lowest BCUT2D eigenvalue weighted by Crippen LogP contribution is -1.99. The summed E-state index contributed by atoms with van der Waals surface area (Å²) >= 11 is 0. The molecule has 0 aliphatic carbocycles. The first-order chi connectivity index (χ1) is 19.2. The molecule has 0 saturated carbocycles. The fourth-order valence-corrected chi connectivity index (χ4v) is 5.02. The van der Waals surface area contributed by atoms with Crippen LogP contribution in [-0.4, -0.2) is 16.6 Å². The zero-order chi connectivity index (χ0) is 27.5. The minimum atomic E-state index is 0.736. The Kier molecular flexibility index (Phi) is 14.7. The maximum Gasteiger partial charge on any atom is 0.159 e. The highest BCUT2D eigenvalue weighted by atomic mass is 16.5. The van der Waals surface area contributed by atoms with Crippen LogP contribution in [0.25, 0.3) is 22.5 Å². The molecule has 0 radical (unpaired) electrons. The van der Waals surface area contributed by atoms with E-state index in [9.17, 15) is 0 Å². The molecule has 0 saturated heterocycles. The third kappa shape index (κ3) is 11.9. The highest BCUT2D eigenvalue weighted by molar-refractivity contribution is 5.67. The van der Waals surface area contributed by atoms with E-state index in [4.69, 9.17) is 4.74 Å². The van der Waals surface area contributed by atoms with E-state index in [1.54, 1.807) is 12.4 Å². The molecule has 3 rings (SSSR count). The van der Waals surface area contributed by atoms with Crippen molar-refractivity contribution < 1.29 is 4.74 Å². The Morgan fingerprint density at radius 1 is 0.615 bits per heavy atom. The average molecular weight is 529 g/mol. The number of unbranched alkanes of at least 4 members (excludes halogenated alkanes) is 10. The van der Waals surface area contributed by atoms with Crippen LogP contribution in [0.15, 0.2) is 60.9 Å². The first-order valence-electron chi connectivity index (χ1n) is 15.8. The van der Waals surface area contributed by atoms with Gasteiger partial charge in [-0.3, -0.25) is 0 Å². The standard InChI is InChI=1S/C36H52N2O/c1-4-6-7-8-9-12-15-18-31-19-21-32(22-20-31)33-23-25-34(26-24-33)36-37-28-35(29-38-36)39-27-16-13-10-11-14-17-30(3)5-2/h19-26,28-30H,4-18,27H2,1-3H3/t30-/m0/s1. The zero-order valence-electron chi connectivity index (χ0n) is 25.0. The summed E-state index contributed by atoms with van der Waals surface area (Å²) in [5, 5.41) is 0. The third-order valence-corrected chi connectivity index (χ3v) is 7.93. The van der Waals surface area contributed by atoms with E-state index in [2.05, 4.69) is 79.3 Å². The molecule has 0 bridgehead atoms. The van der Waals surface area contributed by atoms with E-state index in [1.165, 1.54) is 107 Å². The van der Waals surface area contributed by atoms with Gasteiger partial charge in [0.1, 0.15) is 0 Å². The van der Waals surface area contributed by atoms with E-state index < -0.39 is 0 Å². The minimum absolute atomic E-state index is 0.736. The molecule has 2 aromatic carbocycles. The predicted molar refractivity (Wildman–Crippen MR) is 167 cm³/mol. The van der Waals surface area contributed by atoms with Gasteiger partial charge in [0.25, 0.3) is 0 Å². The molecule has 39 heavy (non-hydrogen) atoms. The van der Waals surface area contributed by atoms with Crippen LogP contribution in [0.5, 0.6) is 5.75 Å². The molecule has 3 nitrogen and oxygen atoms in total. The lowest BCUT2D eigenvalue weighted by molar-refractivity contribution is 0.301. The molecule has 0 aliphatic heterocycles. The maximum atomic E-state index is 5.87. The SMILES string of the molecule is CCCCCCCCCc1ccc(-c2ccc(-c3ncc(OCCCCCCC[C@@H](C)CC)cn3)cc2)cc1.